The number of carbonyl (C=O) groups is 1. The van der Waals surface area contributed by atoms with Gasteiger partial charge in [0, 0.05) is 49.8 Å². The highest BCUT2D eigenvalue weighted by Crippen LogP contribution is 2.25. The molecule has 1 aliphatic heterocycles. The predicted octanol–water partition coefficient (Wildman–Crippen LogP) is 2.67. The molecule has 7 heteroatoms. The molecule has 7 nitrogen and oxygen atoms in total. The van der Waals surface area contributed by atoms with E-state index in [4.69, 9.17) is 0 Å². The number of rotatable bonds is 4. The average Bonchev–Trinajstić information content (AvgIpc) is 3.15. The van der Waals surface area contributed by atoms with Crippen molar-refractivity contribution in [3.8, 4) is 11.5 Å². The van der Waals surface area contributed by atoms with Gasteiger partial charge in [0.15, 0.2) is 5.82 Å². The van der Waals surface area contributed by atoms with Gasteiger partial charge in [-0.2, -0.15) is 0 Å². The number of amides is 1. The van der Waals surface area contributed by atoms with Gasteiger partial charge in [-0.25, -0.2) is 9.97 Å². The van der Waals surface area contributed by atoms with Gasteiger partial charge in [-0.3, -0.25) is 14.8 Å². The highest BCUT2D eigenvalue weighted by atomic mass is 16.2. The van der Waals surface area contributed by atoms with Crippen molar-refractivity contribution in [3.05, 3.63) is 60.1 Å². The van der Waals surface area contributed by atoms with Crippen LogP contribution in [0.3, 0.4) is 0 Å². The third-order valence-electron chi connectivity index (χ3n) is 4.99. The fraction of sp³-hybridized carbons (Fsp3) is 0.350. The van der Waals surface area contributed by atoms with E-state index < -0.39 is 0 Å². The fourth-order valence-electron chi connectivity index (χ4n) is 3.53. The quantitative estimate of drug-likeness (QED) is 0.771. The number of nitrogens with zero attached hydrogens (tertiary/aromatic N) is 5. The molecule has 1 fully saturated rings. The van der Waals surface area contributed by atoms with Crippen LogP contribution in [0.15, 0.2) is 43.1 Å². The van der Waals surface area contributed by atoms with Crippen LogP contribution in [0, 0.1) is 12.8 Å². The van der Waals surface area contributed by atoms with Crippen LogP contribution in [-0.2, 0) is 6.42 Å². The summed E-state index contributed by atoms with van der Waals surface area (Å²) >= 11 is 0. The lowest BCUT2D eigenvalue weighted by Gasteiger charge is -2.32. The number of H-pyrrole nitrogens is 1. The van der Waals surface area contributed by atoms with E-state index in [-0.39, 0.29) is 5.91 Å². The van der Waals surface area contributed by atoms with Gasteiger partial charge in [0.25, 0.3) is 5.91 Å². The van der Waals surface area contributed by atoms with Crippen LogP contribution in [0.1, 0.15) is 34.6 Å². The molecule has 1 aliphatic rings. The molecule has 0 unspecified atom stereocenters. The number of hydrogen-bond acceptors (Lipinski definition) is 5. The molecule has 1 saturated heterocycles. The average molecular weight is 362 g/mol. The Balaban J connectivity index is 1.41. The summed E-state index contributed by atoms with van der Waals surface area (Å²) in [6.45, 7) is 3.49. The van der Waals surface area contributed by atoms with E-state index in [0.717, 1.165) is 55.3 Å². The Hall–Kier alpha value is -3.09. The lowest BCUT2D eigenvalue weighted by atomic mass is 9.91. The molecule has 27 heavy (non-hydrogen) atoms. The van der Waals surface area contributed by atoms with Gasteiger partial charge < -0.3 is 9.88 Å². The molecule has 138 valence electrons. The Morgan fingerprint density at radius 3 is 2.67 bits per heavy atom. The van der Waals surface area contributed by atoms with Gasteiger partial charge in [-0.15, -0.1) is 0 Å². The van der Waals surface area contributed by atoms with E-state index in [0.29, 0.717) is 11.5 Å². The van der Waals surface area contributed by atoms with Gasteiger partial charge in [0.2, 0.25) is 0 Å². The fourth-order valence-corrected chi connectivity index (χ4v) is 3.53. The molecule has 0 bridgehead atoms. The van der Waals surface area contributed by atoms with Crippen LogP contribution in [0.25, 0.3) is 11.5 Å². The van der Waals surface area contributed by atoms with Crippen molar-refractivity contribution in [2.75, 3.05) is 13.1 Å². The van der Waals surface area contributed by atoms with Crippen LogP contribution >= 0.6 is 0 Å². The Morgan fingerprint density at radius 2 is 1.96 bits per heavy atom. The third kappa shape index (κ3) is 3.86. The first-order chi connectivity index (χ1) is 13.2. The van der Waals surface area contributed by atoms with Gasteiger partial charge >= 0.3 is 0 Å². The zero-order valence-corrected chi connectivity index (χ0v) is 15.3. The number of likely N-dealkylation sites (tertiary alicyclic amines) is 1. The number of hydrogen-bond donors (Lipinski definition) is 1. The summed E-state index contributed by atoms with van der Waals surface area (Å²) in [4.78, 5) is 35.2. The zero-order chi connectivity index (χ0) is 18.6. The molecule has 3 aromatic rings. The topological polar surface area (TPSA) is 87.7 Å². The Labute approximate surface area is 157 Å². The predicted molar refractivity (Wildman–Crippen MR) is 101 cm³/mol. The number of imidazole rings is 1. The van der Waals surface area contributed by atoms with Crippen molar-refractivity contribution in [3.63, 3.8) is 0 Å². The maximum Gasteiger partial charge on any atom is 0.255 e. The Bertz CT molecular complexity index is 915. The van der Waals surface area contributed by atoms with Crippen LogP contribution in [0.2, 0.25) is 0 Å². The second-order valence-electron chi connectivity index (χ2n) is 6.95. The molecular weight excluding hydrogens is 340 g/mol. The van der Waals surface area contributed by atoms with Crippen molar-refractivity contribution in [1.29, 1.82) is 0 Å². The highest BCUT2D eigenvalue weighted by molar-refractivity contribution is 5.93. The lowest BCUT2D eigenvalue weighted by molar-refractivity contribution is 0.0690. The summed E-state index contributed by atoms with van der Waals surface area (Å²) in [5, 5.41) is 0. The number of carbonyl (C=O) groups excluding carboxylic acids is 1. The second-order valence-corrected chi connectivity index (χ2v) is 6.95. The Morgan fingerprint density at radius 1 is 1.15 bits per heavy atom. The molecule has 0 radical (unpaired) electrons. The minimum atomic E-state index is 0.0628. The number of pyridine rings is 1. The minimum Gasteiger partial charge on any atom is -0.341 e. The number of aromatic nitrogens is 5. The van der Waals surface area contributed by atoms with Crippen LogP contribution in [-0.4, -0.2) is 48.8 Å². The second kappa shape index (κ2) is 7.65. The number of aromatic amines is 1. The van der Waals surface area contributed by atoms with Crippen LogP contribution in [0.5, 0.6) is 0 Å². The maximum absolute atomic E-state index is 12.6. The first-order valence-electron chi connectivity index (χ1n) is 9.22. The molecule has 0 aromatic carbocycles. The minimum absolute atomic E-state index is 0.0628. The standard InChI is InChI=1S/C20H22N6O/c1-14-12-24-19(25-14)18-17(22-7-8-23-18)11-15-4-9-26(10-5-15)20(27)16-3-2-6-21-13-16/h2-3,6-8,12-13,15H,4-5,9-11H2,1H3,(H,24,25). The molecule has 1 amide bonds. The van der Waals surface area contributed by atoms with Crippen molar-refractivity contribution in [1.82, 2.24) is 29.8 Å². The summed E-state index contributed by atoms with van der Waals surface area (Å²) in [7, 11) is 0. The number of nitrogens with one attached hydrogen (secondary N) is 1. The summed E-state index contributed by atoms with van der Waals surface area (Å²) in [5.41, 5.74) is 3.44. The van der Waals surface area contributed by atoms with E-state index in [1.807, 2.05) is 17.9 Å². The van der Waals surface area contributed by atoms with Crippen LogP contribution < -0.4 is 0 Å². The van der Waals surface area contributed by atoms with Gasteiger partial charge in [-0.05, 0) is 44.2 Å². The number of aryl methyl sites for hydroxylation is 1. The summed E-state index contributed by atoms with van der Waals surface area (Å²) in [6.07, 6.45) is 11.3. The molecule has 4 heterocycles. The zero-order valence-electron chi connectivity index (χ0n) is 15.3. The summed E-state index contributed by atoms with van der Waals surface area (Å²) < 4.78 is 0. The van der Waals surface area contributed by atoms with Crippen molar-refractivity contribution >= 4 is 5.91 Å². The molecule has 0 atom stereocenters. The lowest BCUT2D eigenvalue weighted by Crippen LogP contribution is -2.39. The van der Waals surface area contributed by atoms with Crippen molar-refractivity contribution in [2.24, 2.45) is 5.92 Å². The van der Waals surface area contributed by atoms with E-state index in [1.165, 1.54) is 0 Å². The normalized spacial score (nSPS) is 15.1. The van der Waals surface area contributed by atoms with Crippen LogP contribution in [0.4, 0.5) is 0 Å². The van der Waals surface area contributed by atoms with E-state index in [1.54, 1.807) is 37.1 Å². The molecule has 4 rings (SSSR count). The highest BCUT2D eigenvalue weighted by Gasteiger charge is 2.25. The summed E-state index contributed by atoms with van der Waals surface area (Å²) in [6, 6.07) is 3.62. The van der Waals surface area contributed by atoms with E-state index >= 15 is 0 Å². The monoisotopic (exact) mass is 362 g/mol. The first-order valence-corrected chi connectivity index (χ1v) is 9.22. The molecular formula is C20H22N6O. The molecule has 0 aliphatic carbocycles. The molecule has 0 spiro atoms. The molecule has 1 N–H and O–H groups in total. The number of piperidine rings is 1. The largest absolute Gasteiger partial charge is 0.341 e. The van der Waals surface area contributed by atoms with Gasteiger partial charge in [-0.1, -0.05) is 0 Å². The summed E-state index contributed by atoms with van der Waals surface area (Å²) in [5.74, 6) is 1.31. The first kappa shape index (κ1) is 17.3. The van der Waals surface area contributed by atoms with E-state index in [9.17, 15) is 4.79 Å². The maximum atomic E-state index is 12.6. The Kier molecular flexibility index (Phi) is 4.91. The van der Waals surface area contributed by atoms with Crippen molar-refractivity contribution in [2.45, 2.75) is 26.2 Å². The van der Waals surface area contributed by atoms with Crippen molar-refractivity contribution < 1.29 is 4.79 Å². The molecule has 0 saturated carbocycles. The SMILES string of the molecule is Cc1cnc(-c2nccnc2CC2CCN(C(=O)c3cccnc3)CC2)[nH]1. The third-order valence-corrected chi connectivity index (χ3v) is 4.99. The van der Waals surface area contributed by atoms with E-state index in [2.05, 4.69) is 24.9 Å². The van der Waals surface area contributed by atoms with Gasteiger partial charge in [0.05, 0.1) is 11.3 Å². The smallest absolute Gasteiger partial charge is 0.255 e. The molecule has 3 aromatic heterocycles. The van der Waals surface area contributed by atoms with Gasteiger partial charge in [0.1, 0.15) is 5.69 Å².